The smallest absolute Gasteiger partial charge is 0.326 e. The molecule has 2 aromatic rings. The summed E-state index contributed by atoms with van der Waals surface area (Å²) < 4.78 is 0.528. The van der Waals surface area contributed by atoms with Gasteiger partial charge in [0.1, 0.15) is 5.25 Å². The zero-order chi connectivity index (χ0) is 16.7. The van der Waals surface area contributed by atoms with Gasteiger partial charge in [0.05, 0.1) is 5.00 Å². The lowest BCUT2D eigenvalue weighted by Gasteiger charge is -2.08. The number of aromatic nitrogens is 2. The molecule has 3 N–H and O–H groups in total. The number of hydrogen-bond donors (Lipinski definition) is 3. The highest BCUT2D eigenvalue weighted by Crippen LogP contribution is 2.31. The summed E-state index contributed by atoms with van der Waals surface area (Å²) in [5.41, 5.74) is 0. The molecule has 0 spiro atoms. The maximum absolute atomic E-state index is 11.8. The van der Waals surface area contributed by atoms with Crippen LogP contribution >= 0.6 is 34.4 Å². The average Bonchev–Trinajstić information content (AvgIpc) is 3.15. The molecule has 0 aliphatic carbocycles. The molecule has 0 unspecified atom stereocenters. The van der Waals surface area contributed by atoms with Crippen LogP contribution in [0.2, 0.25) is 0 Å². The number of hydrogen-bond acceptors (Lipinski definition) is 7. The molecule has 1 atom stereocenters. The van der Waals surface area contributed by atoms with E-state index in [0.717, 1.165) is 29.2 Å². The normalized spacial score (nSPS) is 11.9. The molecule has 0 aliphatic rings. The van der Waals surface area contributed by atoms with Crippen LogP contribution in [0.15, 0.2) is 21.9 Å². The second-order valence-corrected chi connectivity index (χ2v) is 7.89. The zero-order valence-electron chi connectivity index (χ0n) is 12.3. The van der Waals surface area contributed by atoms with E-state index in [1.807, 2.05) is 18.4 Å². The standard InChI is InChI=1S/C13H16N4O3S3/c1-2-3-5-8(10(18)19)22-13-17-16-12(23-13)15-11(20)14-9-6-4-7-21-9/h4,6-8H,2-3,5H2,1H3,(H,18,19)(H2,14,15,16,20)/t8-/m0/s1. The fourth-order valence-corrected chi connectivity index (χ4v) is 4.22. The number of aliphatic carboxylic acids is 1. The van der Waals surface area contributed by atoms with Gasteiger partial charge in [0.2, 0.25) is 5.13 Å². The first-order valence-electron chi connectivity index (χ1n) is 6.93. The molecule has 124 valence electrons. The van der Waals surface area contributed by atoms with Gasteiger partial charge in [0.15, 0.2) is 4.34 Å². The number of carbonyl (C=O) groups is 2. The number of carbonyl (C=O) groups excluding carboxylic acids is 1. The summed E-state index contributed by atoms with van der Waals surface area (Å²) in [6.45, 7) is 2.02. The quantitative estimate of drug-likeness (QED) is 0.478. The number of amides is 2. The van der Waals surface area contributed by atoms with Gasteiger partial charge in [-0.2, -0.15) is 0 Å². The largest absolute Gasteiger partial charge is 0.480 e. The molecule has 0 fully saturated rings. The molecule has 0 radical (unpaired) electrons. The lowest BCUT2D eigenvalue weighted by atomic mass is 10.2. The van der Waals surface area contributed by atoms with Crippen molar-refractivity contribution in [2.24, 2.45) is 0 Å². The van der Waals surface area contributed by atoms with Gasteiger partial charge in [-0.25, -0.2) is 4.79 Å². The van der Waals surface area contributed by atoms with Gasteiger partial charge in [-0.15, -0.1) is 21.5 Å². The summed E-state index contributed by atoms with van der Waals surface area (Å²) in [6, 6.07) is 3.22. The molecule has 2 heterocycles. The Bertz CT molecular complexity index is 645. The summed E-state index contributed by atoms with van der Waals surface area (Å²) in [6.07, 6.45) is 2.37. The van der Waals surface area contributed by atoms with Crippen LogP contribution in [0.4, 0.5) is 14.9 Å². The number of rotatable bonds is 8. The number of unbranched alkanes of at least 4 members (excludes halogenated alkanes) is 1. The van der Waals surface area contributed by atoms with Crippen molar-refractivity contribution >= 4 is 56.6 Å². The summed E-state index contributed by atoms with van der Waals surface area (Å²) >= 11 is 3.74. The molecule has 0 aromatic carbocycles. The van der Waals surface area contributed by atoms with Gasteiger partial charge in [-0.05, 0) is 23.9 Å². The van der Waals surface area contributed by atoms with Crippen LogP contribution < -0.4 is 10.6 Å². The Kier molecular flexibility index (Phi) is 6.81. The molecule has 2 amide bonds. The lowest BCUT2D eigenvalue weighted by Crippen LogP contribution is -2.18. The SMILES string of the molecule is CCCC[C@H](Sc1nnc(NC(=O)Nc2cccs2)s1)C(=O)O. The molecule has 23 heavy (non-hydrogen) atoms. The number of carboxylic acids is 1. The first kappa shape index (κ1) is 17.7. The van der Waals surface area contributed by atoms with Crippen molar-refractivity contribution in [3.8, 4) is 0 Å². The van der Waals surface area contributed by atoms with E-state index in [0.29, 0.717) is 15.9 Å². The van der Waals surface area contributed by atoms with E-state index in [2.05, 4.69) is 20.8 Å². The third-order valence-corrected chi connectivity index (χ3v) is 5.69. The molecule has 0 saturated heterocycles. The van der Waals surface area contributed by atoms with Crippen molar-refractivity contribution in [3.63, 3.8) is 0 Å². The Labute approximate surface area is 145 Å². The second kappa shape index (κ2) is 8.85. The molecule has 10 heteroatoms. The van der Waals surface area contributed by atoms with Crippen molar-refractivity contribution in [1.29, 1.82) is 0 Å². The molecule has 0 bridgehead atoms. The van der Waals surface area contributed by atoms with Gasteiger partial charge in [-0.3, -0.25) is 15.4 Å². The summed E-state index contributed by atoms with van der Waals surface area (Å²) in [4.78, 5) is 23.0. The van der Waals surface area contributed by atoms with Crippen LogP contribution in [0.3, 0.4) is 0 Å². The highest BCUT2D eigenvalue weighted by molar-refractivity contribution is 8.02. The summed E-state index contributed by atoms with van der Waals surface area (Å²) in [5, 5.41) is 24.6. The van der Waals surface area contributed by atoms with E-state index in [-0.39, 0.29) is 0 Å². The number of thioether (sulfide) groups is 1. The van der Waals surface area contributed by atoms with Crippen molar-refractivity contribution in [2.75, 3.05) is 10.6 Å². The van der Waals surface area contributed by atoms with Crippen molar-refractivity contribution in [1.82, 2.24) is 10.2 Å². The van der Waals surface area contributed by atoms with Gasteiger partial charge >= 0.3 is 12.0 Å². The van der Waals surface area contributed by atoms with Crippen LogP contribution in [0.5, 0.6) is 0 Å². The highest BCUT2D eigenvalue weighted by Gasteiger charge is 2.21. The first-order valence-corrected chi connectivity index (χ1v) is 9.50. The summed E-state index contributed by atoms with van der Waals surface area (Å²) in [5.74, 6) is -0.858. The van der Waals surface area contributed by atoms with Gasteiger partial charge in [0.25, 0.3) is 0 Å². The fraction of sp³-hybridized carbons (Fsp3) is 0.385. The third kappa shape index (κ3) is 5.81. The van der Waals surface area contributed by atoms with Crippen LogP contribution in [-0.2, 0) is 4.79 Å². The number of nitrogens with one attached hydrogen (secondary N) is 2. The van der Waals surface area contributed by atoms with E-state index in [1.165, 1.54) is 23.1 Å². The van der Waals surface area contributed by atoms with E-state index in [9.17, 15) is 14.7 Å². The minimum Gasteiger partial charge on any atom is -0.480 e. The van der Waals surface area contributed by atoms with Crippen LogP contribution in [0, 0.1) is 0 Å². The monoisotopic (exact) mass is 372 g/mol. The second-order valence-electron chi connectivity index (χ2n) is 4.52. The number of anilines is 2. The molecule has 2 aromatic heterocycles. The van der Waals surface area contributed by atoms with E-state index >= 15 is 0 Å². The first-order chi connectivity index (χ1) is 11.1. The molecule has 7 nitrogen and oxygen atoms in total. The number of carboxylic acid groups (broad SMARTS) is 1. The molecular weight excluding hydrogens is 356 g/mol. The van der Waals surface area contributed by atoms with Crippen molar-refractivity contribution < 1.29 is 14.7 Å². The Morgan fingerprint density at radius 1 is 1.39 bits per heavy atom. The predicted octanol–water partition coefficient (Wildman–Crippen LogP) is 3.98. The molecule has 0 aliphatic heterocycles. The molecule has 0 saturated carbocycles. The van der Waals surface area contributed by atoms with Crippen molar-refractivity contribution in [3.05, 3.63) is 17.5 Å². The Balaban J connectivity index is 1.89. The minimum atomic E-state index is -0.858. The topological polar surface area (TPSA) is 104 Å². The van der Waals surface area contributed by atoms with Crippen LogP contribution in [-0.4, -0.2) is 32.6 Å². The highest BCUT2D eigenvalue weighted by atomic mass is 32.2. The Morgan fingerprint density at radius 3 is 2.87 bits per heavy atom. The van der Waals surface area contributed by atoms with Gasteiger partial charge in [0, 0.05) is 0 Å². The van der Waals surface area contributed by atoms with E-state index < -0.39 is 17.3 Å². The van der Waals surface area contributed by atoms with E-state index in [4.69, 9.17) is 0 Å². The van der Waals surface area contributed by atoms with Crippen LogP contribution in [0.25, 0.3) is 0 Å². The lowest BCUT2D eigenvalue weighted by molar-refractivity contribution is -0.136. The van der Waals surface area contributed by atoms with Gasteiger partial charge in [-0.1, -0.05) is 42.9 Å². The predicted molar refractivity (Wildman–Crippen MR) is 93.7 cm³/mol. The number of thiophene rings is 1. The van der Waals surface area contributed by atoms with Crippen LogP contribution in [0.1, 0.15) is 26.2 Å². The Hall–Kier alpha value is -1.65. The number of nitrogens with zero attached hydrogens (tertiary/aromatic N) is 2. The molecular formula is C13H16N4O3S3. The number of urea groups is 1. The van der Waals surface area contributed by atoms with Crippen molar-refractivity contribution in [2.45, 2.75) is 35.8 Å². The molecule has 2 rings (SSSR count). The maximum atomic E-state index is 11.8. The van der Waals surface area contributed by atoms with E-state index in [1.54, 1.807) is 6.07 Å². The maximum Gasteiger partial charge on any atom is 0.326 e. The summed E-state index contributed by atoms with van der Waals surface area (Å²) in [7, 11) is 0. The average molecular weight is 372 g/mol. The third-order valence-electron chi connectivity index (χ3n) is 2.72. The Morgan fingerprint density at radius 2 is 2.22 bits per heavy atom. The fourth-order valence-electron chi connectivity index (χ4n) is 1.64. The zero-order valence-corrected chi connectivity index (χ0v) is 14.8. The van der Waals surface area contributed by atoms with Gasteiger partial charge < -0.3 is 5.11 Å². The minimum absolute atomic E-state index is 0.334.